The molecule has 0 aliphatic heterocycles. The third kappa shape index (κ3) is 4.48. The zero-order valence-corrected chi connectivity index (χ0v) is 17.9. The first-order chi connectivity index (χ1) is 13.6. The molecule has 0 aliphatic rings. The number of nitrogens with zero attached hydrogens (tertiary/aromatic N) is 1. The molecule has 29 heavy (non-hydrogen) atoms. The van der Waals surface area contributed by atoms with E-state index in [1.165, 1.54) is 6.07 Å². The molecule has 152 valence electrons. The first-order valence-electron chi connectivity index (χ1n) is 9.11. The number of nitrogens with one attached hydrogen (secondary N) is 3. The molecule has 0 unspecified atom stereocenters. The monoisotopic (exact) mass is 412 g/mol. The highest BCUT2D eigenvalue weighted by atomic mass is 32.2. The molecule has 3 N–H and O–H groups in total. The summed E-state index contributed by atoms with van der Waals surface area (Å²) in [7, 11) is -3.81. The molecule has 1 amide bonds. The van der Waals surface area contributed by atoms with Gasteiger partial charge in [-0.25, -0.2) is 8.42 Å². The zero-order chi connectivity index (χ0) is 21.3. The number of hydrogen-bond acceptors (Lipinski definition) is 4. The second-order valence-corrected chi connectivity index (χ2v) is 8.87. The highest BCUT2D eigenvalue weighted by molar-refractivity contribution is 7.92. The van der Waals surface area contributed by atoms with Crippen molar-refractivity contribution in [3.05, 3.63) is 69.9 Å². The van der Waals surface area contributed by atoms with Crippen molar-refractivity contribution in [3.63, 3.8) is 0 Å². The highest BCUT2D eigenvalue weighted by Crippen LogP contribution is 2.26. The maximum absolute atomic E-state index is 13.1. The van der Waals surface area contributed by atoms with Crippen LogP contribution in [0.2, 0.25) is 0 Å². The van der Waals surface area contributed by atoms with E-state index in [1.807, 2.05) is 26.0 Å². The highest BCUT2D eigenvalue weighted by Gasteiger charge is 2.21. The Morgan fingerprint density at radius 1 is 0.931 bits per heavy atom. The number of rotatable bonds is 5. The van der Waals surface area contributed by atoms with Gasteiger partial charge in [0, 0.05) is 17.3 Å². The molecule has 1 aromatic heterocycles. The number of aromatic amines is 1. The normalized spacial score (nSPS) is 11.3. The maximum atomic E-state index is 13.1. The minimum atomic E-state index is -3.81. The van der Waals surface area contributed by atoms with Crippen molar-refractivity contribution in [2.24, 2.45) is 0 Å². The van der Waals surface area contributed by atoms with E-state index in [0.29, 0.717) is 33.8 Å². The average Bonchev–Trinajstić information content (AvgIpc) is 3.00. The van der Waals surface area contributed by atoms with Crippen LogP contribution in [-0.2, 0) is 10.0 Å². The number of carbonyl (C=O) groups is 1. The number of carbonyl (C=O) groups excluding carboxylic acids is 1. The van der Waals surface area contributed by atoms with Crippen molar-refractivity contribution < 1.29 is 13.2 Å². The molecule has 7 nitrogen and oxygen atoms in total. The lowest BCUT2D eigenvalue weighted by molar-refractivity contribution is 0.102. The van der Waals surface area contributed by atoms with Crippen LogP contribution in [0.4, 0.5) is 11.5 Å². The summed E-state index contributed by atoms with van der Waals surface area (Å²) in [6.45, 7) is 9.09. The Hall–Kier alpha value is -3.13. The Morgan fingerprint density at radius 2 is 1.59 bits per heavy atom. The van der Waals surface area contributed by atoms with Crippen molar-refractivity contribution >= 4 is 27.4 Å². The third-order valence-corrected chi connectivity index (χ3v) is 6.24. The Labute approximate surface area is 170 Å². The molecule has 0 saturated carbocycles. The summed E-state index contributed by atoms with van der Waals surface area (Å²) >= 11 is 0. The predicted molar refractivity (Wildman–Crippen MR) is 114 cm³/mol. The van der Waals surface area contributed by atoms with E-state index in [9.17, 15) is 13.2 Å². The van der Waals surface area contributed by atoms with Crippen molar-refractivity contribution in [3.8, 4) is 0 Å². The van der Waals surface area contributed by atoms with E-state index < -0.39 is 10.0 Å². The quantitative estimate of drug-likeness (QED) is 0.589. The smallest absolute Gasteiger partial charge is 0.262 e. The summed E-state index contributed by atoms with van der Waals surface area (Å²) in [4.78, 5) is 12.8. The van der Waals surface area contributed by atoms with Gasteiger partial charge in [-0.05, 0) is 63.4 Å². The van der Waals surface area contributed by atoms with Crippen LogP contribution in [0.5, 0.6) is 0 Å². The number of amides is 1. The van der Waals surface area contributed by atoms with E-state index in [4.69, 9.17) is 0 Å². The molecule has 8 heteroatoms. The maximum Gasteiger partial charge on any atom is 0.262 e. The minimum absolute atomic E-state index is 0.254. The largest absolute Gasteiger partial charge is 0.305 e. The van der Waals surface area contributed by atoms with Gasteiger partial charge in [-0.1, -0.05) is 23.8 Å². The van der Waals surface area contributed by atoms with Crippen LogP contribution in [0.1, 0.15) is 38.3 Å². The lowest BCUT2D eigenvalue weighted by Gasteiger charge is -2.16. The molecule has 3 rings (SSSR count). The lowest BCUT2D eigenvalue weighted by Crippen LogP contribution is -2.18. The number of H-pyrrole nitrogens is 1. The van der Waals surface area contributed by atoms with Gasteiger partial charge < -0.3 is 5.32 Å². The molecular formula is C21H24N4O3S. The summed E-state index contributed by atoms with van der Waals surface area (Å²) in [5, 5.41) is 9.42. The predicted octanol–water partition coefficient (Wildman–Crippen LogP) is 4.00. The van der Waals surface area contributed by atoms with Crippen molar-refractivity contribution in [2.45, 2.75) is 39.5 Å². The third-order valence-electron chi connectivity index (χ3n) is 4.57. The fraction of sp³-hybridized carbons (Fsp3) is 0.238. The summed E-state index contributed by atoms with van der Waals surface area (Å²) in [5.41, 5.74) is 4.57. The average molecular weight is 413 g/mol. The molecular weight excluding hydrogens is 388 g/mol. The topological polar surface area (TPSA) is 104 Å². The fourth-order valence-electron chi connectivity index (χ4n) is 3.33. The van der Waals surface area contributed by atoms with Crippen LogP contribution in [0.3, 0.4) is 0 Å². The molecule has 0 radical (unpaired) electrons. The number of aromatic nitrogens is 2. The van der Waals surface area contributed by atoms with Crippen LogP contribution in [0, 0.1) is 34.6 Å². The molecule has 3 aromatic rings. The summed E-state index contributed by atoms with van der Waals surface area (Å²) in [6, 6.07) is 10.3. The number of hydrogen-bond donors (Lipinski definition) is 3. The number of anilines is 2. The standard InChI is InChI=1S/C21H24N4O3S/c1-12-8-14(3)20(15(4)9-12)29(27,28)25-18-11-17(7-6-13(18)2)21(26)22-19-10-16(5)23-24-19/h6-11,25H,1-5H3,(H2,22,23,24,26). The van der Waals surface area contributed by atoms with Crippen molar-refractivity contribution in [1.29, 1.82) is 0 Å². The number of sulfonamides is 1. The molecule has 2 aromatic carbocycles. The molecule has 0 aliphatic carbocycles. The molecule has 1 heterocycles. The van der Waals surface area contributed by atoms with Gasteiger partial charge in [-0.2, -0.15) is 5.10 Å². The van der Waals surface area contributed by atoms with E-state index in [-0.39, 0.29) is 10.8 Å². The fourth-order valence-corrected chi connectivity index (χ4v) is 4.91. The Kier molecular flexibility index (Phi) is 5.48. The Bertz CT molecular complexity index is 1170. The molecule has 0 fully saturated rings. The first-order valence-corrected chi connectivity index (χ1v) is 10.6. The summed E-state index contributed by atoms with van der Waals surface area (Å²) in [6.07, 6.45) is 0. The van der Waals surface area contributed by atoms with Crippen LogP contribution in [-0.4, -0.2) is 24.5 Å². The Balaban J connectivity index is 1.91. The second kappa shape index (κ2) is 7.71. The minimum Gasteiger partial charge on any atom is -0.305 e. The van der Waals surface area contributed by atoms with Crippen LogP contribution >= 0.6 is 0 Å². The van der Waals surface area contributed by atoms with Gasteiger partial charge in [0.15, 0.2) is 5.82 Å². The molecule has 0 spiro atoms. The SMILES string of the molecule is Cc1cc(C)c(S(=O)(=O)Nc2cc(C(=O)Nc3cc(C)[nH]n3)ccc2C)c(C)c1. The van der Waals surface area contributed by atoms with Crippen LogP contribution in [0.15, 0.2) is 41.3 Å². The number of aryl methyl sites for hydroxylation is 5. The van der Waals surface area contributed by atoms with Gasteiger partial charge in [-0.15, -0.1) is 0 Å². The zero-order valence-electron chi connectivity index (χ0n) is 17.0. The second-order valence-electron chi connectivity index (χ2n) is 7.25. The van der Waals surface area contributed by atoms with E-state index >= 15 is 0 Å². The van der Waals surface area contributed by atoms with Gasteiger partial charge in [0.05, 0.1) is 10.6 Å². The van der Waals surface area contributed by atoms with Gasteiger partial charge in [0.1, 0.15) is 0 Å². The van der Waals surface area contributed by atoms with Crippen LogP contribution < -0.4 is 10.0 Å². The van der Waals surface area contributed by atoms with E-state index in [2.05, 4.69) is 20.2 Å². The first kappa shape index (κ1) is 20.6. The van der Waals surface area contributed by atoms with Gasteiger partial charge in [-0.3, -0.25) is 14.6 Å². The number of benzene rings is 2. The van der Waals surface area contributed by atoms with Crippen molar-refractivity contribution in [2.75, 3.05) is 10.0 Å². The van der Waals surface area contributed by atoms with E-state index in [1.54, 1.807) is 39.0 Å². The molecule has 0 saturated heterocycles. The van der Waals surface area contributed by atoms with Gasteiger partial charge >= 0.3 is 0 Å². The molecule has 0 atom stereocenters. The van der Waals surface area contributed by atoms with Crippen molar-refractivity contribution in [1.82, 2.24) is 10.2 Å². The van der Waals surface area contributed by atoms with E-state index in [0.717, 1.165) is 11.3 Å². The van der Waals surface area contributed by atoms with Crippen LogP contribution in [0.25, 0.3) is 0 Å². The molecule has 0 bridgehead atoms. The summed E-state index contributed by atoms with van der Waals surface area (Å²) < 4.78 is 28.7. The van der Waals surface area contributed by atoms with Gasteiger partial charge in [0.25, 0.3) is 15.9 Å². The summed E-state index contributed by atoms with van der Waals surface area (Å²) in [5.74, 6) is 0.0285. The Morgan fingerprint density at radius 3 is 2.17 bits per heavy atom. The van der Waals surface area contributed by atoms with Gasteiger partial charge in [0.2, 0.25) is 0 Å². The lowest BCUT2D eigenvalue weighted by atomic mass is 10.1.